The van der Waals surface area contributed by atoms with Gasteiger partial charge in [0.1, 0.15) is 6.61 Å². The Kier molecular flexibility index (Phi) is 8.54. The Labute approximate surface area is 150 Å². The molecule has 0 fully saturated rings. The van der Waals surface area contributed by atoms with Crippen LogP contribution in [0, 0.1) is 0 Å². The fourth-order valence-corrected chi connectivity index (χ4v) is 1.99. The van der Waals surface area contributed by atoms with Gasteiger partial charge in [-0.2, -0.15) is 26.3 Å². The number of amides is 1. The predicted octanol–water partition coefficient (Wildman–Crippen LogP) is 2.96. The summed E-state index contributed by atoms with van der Waals surface area (Å²) in [6.07, 6.45) is -10.5. The molecule has 1 N–H and O–H groups in total. The molecular formula is C16H17F6NO4. The van der Waals surface area contributed by atoms with Gasteiger partial charge in [0.25, 0.3) is 0 Å². The van der Waals surface area contributed by atoms with Crippen LogP contribution in [0.5, 0.6) is 0 Å². The van der Waals surface area contributed by atoms with E-state index in [-0.39, 0.29) is 25.4 Å². The molecule has 0 saturated carbocycles. The number of hydrogen-bond donors (Lipinski definition) is 1. The van der Waals surface area contributed by atoms with E-state index in [1.54, 1.807) is 11.4 Å². The third-order valence-electron chi connectivity index (χ3n) is 3.25. The number of carbonyl (C=O) groups is 2. The minimum absolute atomic E-state index is 0.0707. The van der Waals surface area contributed by atoms with Crippen LogP contribution in [0.25, 0.3) is 0 Å². The first-order chi connectivity index (χ1) is 12.5. The van der Waals surface area contributed by atoms with Crippen LogP contribution in [0.2, 0.25) is 0 Å². The Morgan fingerprint density at radius 1 is 0.963 bits per heavy atom. The summed E-state index contributed by atoms with van der Waals surface area (Å²) in [5.41, 5.74) is -0.0707. The van der Waals surface area contributed by atoms with Crippen LogP contribution >= 0.6 is 0 Å². The van der Waals surface area contributed by atoms with Gasteiger partial charge in [0, 0.05) is 6.54 Å². The standard InChI is InChI=1S/C16H17F6NO4/c17-15(18,19)12(11-4-2-1-3-5-11)10-13(24)27-9-8-26-7-6-23-14(25)16(20,21)22/h1-5,12H,6-10H2,(H,23,25). The van der Waals surface area contributed by atoms with Crippen molar-refractivity contribution in [1.82, 2.24) is 5.32 Å². The van der Waals surface area contributed by atoms with Crippen LogP contribution in [0.1, 0.15) is 17.9 Å². The zero-order valence-corrected chi connectivity index (χ0v) is 13.9. The van der Waals surface area contributed by atoms with Crippen LogP contribution in [0.15, 0.2) is 30.3 Å². The topological polar surface area (TPSA) is 64.6 Å². The van der Waals surface area contributed by atoms with E-state index in [1.807, 2.05) is 0 Å². The van der Waals surface area contributed by atoms with Crippen molar-refractivity contribution in [3.05, 3.63) is 35.9 Å². The molecule has 152 valence electrons. The van der Waals surface area contributed by atoms with Gasteiger partial charge < -0.3 is 14.8 Å². The zero-order valence-electron chi connectivity index (χ0n) is 13.9. The van der Waals surface area contributed by atoms with Crippen molar-refractivity contribution in [2.45, 2.75) is 24.7 Å². The molecule has 1 unspecified atom stereocenters. The quantitative estimate of drug-likeness (QED) is 0.393. The largest absolute Gasteiger partial charge is 0.471 e. The van der Waals surface area contributed by atoms with Gasteiger partial charge in [0.2, 0.25) is 0 Å². The summed E-state index contributed by atoms with van der Waals surface area (Å²) in [7, 11) is 0. The molecule has 0 aliphatic carbocycles. The maximum absolute atomic E-state index is 13.1. The highest BCUT2D eigenvalue weighted by Gasteiger charge is 2.42. The first kappa shape index (κ1) is 22.7. The molecule has 1 aromatic carbocycles. The highest BCUT2D eigenvalue weighted by atomic mass is 19.4. The number of alkyl halides is 6. The molecular weight excluding hydrogens is 384 g/mol. The van der Waals surface area contributed by atoms with Crippen LogP contribution in [0.4, 0.5) is 26.3 Å². The average molecular weight is 401 g/mol. The van der Waals surface area contributed by atoms with Crippen molar-refractivity contribution in [1.29, 1.82) is 0 Å². The minimum Gasteiger partial charge on any atom is -0.463 e. The second kappa shape index (κ2) is 10.1. The lowest BCUT2D eigenvalue weighted by Crippen LogP contribution is -2.38. The summed E-state index contributed by atoms with van der Waals surface area (Å²) < 4.78 is 84.4. The van der Waals surface area contributed by atoms with Gasteiger partial charge in [-0.1, -0.05) is 30.3 Å². The van der Waals surface area contributed by atoms with Crippen molar-refractivity contribution in [2.75, 3.05) is 26.4 Å². The van der Waals surface area contributed by atoms with Gasteiger partial charge in [0.15, 0.2) is 0 Å². The lowest BCUT2D eigenvalue weighted by molar-refractivity contribution is -0.173. The second-order valence-corrected chi connectivity index (χ2v) is 5.30. The van der Waals surface area contributed by atoms with Crippen molar-refractivity contribution in [2.24, 2.45) is 0 Å². The van der Waals surface area contributed by atoms with Gasteiger partial charge >= 0.3 is 24.2 Å². The molecule has 11 heteroatoms. The van der Waals surface area contributed by atoms with E-state index in [2.05, 4.69) is 4.74 Å². The van der Waals surface area contributed by atoms with E-state index in [0.29, 0.717) is 0 Å². The summed E-state index contributed by atoms with van der Waals surface area (Å²) >= 11 is 0. The number of esters is 1. The molecule has 0 aliphatic rings. The molecule has 1 atom stereocenters. The van der Waals surface area contributed by atoms with Crippen molar-refractivity contribution >= 4 is 11.9 Å². The number of rotatable bonds is 9. The first-order valence-corrected chi connectivity index (χ1v) is 7.72. The van der Waals surface area contributed by atoms with Crippen molar-refractivity contribution in [3.8, 4) is 0 Å². The van der Waals surface area contributed by atoms with Gasteiger partial charge in [-0.3, -0.25) is 9.59 Å². The third-order valence-corrected chi connectivity index (χ3v) is 3.25. The molecule has 0 bridgehead atoms. The Morgan fingerprint density at radius 2 is 1.59 bits per heavy atom. The number of hydrogen-bond acceptors (Lipinski definition) is 4. The van der Waals surface area contributed by atoms with Crippen LogP contribution < -0.4 is 5.32 Å². The van der Waals surface area contributed by atoms with Crippen LogP contribution in [-0.2, 0) is 19.1 Å². The lowest BCUT2D eigenvalue weighted by Gasteiger charge is -2.20. The summed E-state index contributed by atoms with van der Waals surface area (Å²) in [5.74, 6) is -5.21. The first-order valence-electron chi connectivity index (χ1n) is 7.72. The molecule has 0 aromatic heterocycles. The van der Waals surface area contributed by atoms with Gasteiger partial charge in [0.05, 0.1) is 25.6 Å². The predicted molar refractivity (Wildman–Crippen MR) is 80.7 cm³/mol. The van der Waals surface area contributed by atoms with Gasteiger partial charge in [-0.25, -0.2) is 0 Å². The Balaban J connectivity index is 2.29. The fourth-order valence-electron chi connectivity index (χ4n) is 1.99. The van der Waals surface area contributed by atoms with E-state index in [4.69, 9.17) is 4.74 Å². The van der Waals surface area contributed by atoms with Crippen molar-refractivity contribution < 1.29 is 45.4 Å². The van der Waals surface area contributed by atoms with E-state index >= 15 is 0 Å². The van der Waals surface area contributed by atoms with E-state index in [0.717, 1.165) is 0 Å². The van der Waals surface area contributed by atoms with E-state index in [1.165, 1.54) is 24.3 Å². The zero-order chi connectivity index (χ0) is 20.5. The molecule has 0 heterocycles. The number of carbonyl (C=O) groups excluding carboxylic acids is 2. The highest BCUT2D eigenvalue weighted by molar-refractivity contribution is 5.81. The van der Waals surface area contributed by atoms with Gasteiger partial charge in [-0.05, 0) is 5.56 Å². The Morgan fingerprint density at radius 3 is 2.15 bits per heavy atom. The lowest BCUT2D eigenvalue weighted by atomic mass is 9.95. The molecule has 0 radical (unpaired) electrons. The molecule has 1 amide bonds. The van der Waals surface area contributed by atoms with Crippen LogP contribution in [0.3, 0.4) is 0 Å². The molecule has 27 heavy (non-hydrogen) atoms. The highest BCUT2D eigenvalue weighted by Crippen LogP contribution is 2.37. The summed E-state index contributed by atoms with van der Waals surface area (Å²) in [6, 6.07) is 6.90. The second-order valence-electron chi connectivity index (χ2n) is 5.30. The molecule has 1 aromatic rings. The molecule has 0 saturated heterocycles. The van der Waals surface area contributed by atoms with Gasteiger partial charge in [-0.15, -0.1) is 0 Å². The average Bonchev–Trinajstić information content (AvgIpc) is 2.57. The number of halogens is 6. The fraction of sp³-hybridized carbons (Fsp3) is 0.500. The molecule has 0 aliphatic heterocycles. The number of benzene rings is 1. The minimum atomic E-state index is -5.00. The summed E-state index contributed by atoms with van der Waals surface area (Å²) in [4.78, 5) is 22.1. The molecule has 1 rings (SSSR count). The number of ether oxygens (including phenoxy) is 2. The smallest absolute Gasteiger partial charge is 0.463 e. The Bertz CT molecular complexity index is 603. The van der Waals surface area contributed by atoms with Crippen molar-refractivity contribution in [3.63, 3.8) is 0 Å². The number of nitrogens with one attached hydrogen (secondary N) is 1. The molecule has 5 nitrogen and oxygen atoms in total. The SMILES string of the molecule is O=C(CC(c1ccccc1)C(F)(F)F)OCCOCCNC(=O)C(F)(F)F. The van der Waals surface area contributed by atoms with E-state index in [9.17, 15) is 35.9 Å². The third kappa shape index (κ3) is 8.76. The van der Waals surface area contributed by atoms with E-state index < -0.39 is 43.1 Å². The monoisotopic (exact) mass is 401 g/mol. The maximum atomic E-state index is 13.1. The summed E-state index contributed by atoms with van der Waals surface area (Å²) in [5, 5.41) is 1.56. The van der Waals surface area contributed by atoms with Crippen LogP contribution in [-0.4, -0.2) is 50.6 Å². The Hall–Kier alpha value is -2.30. The molecule has 0 spiro atoms. The normalized spacial score (nSPS) is 13.1. The summed E-state index contributed by atoms with van der Waals surface area (Å²) in [6.45, 7) is -1.31. The maximum Gasteiger partial charge on any atom is 0.471 e.